The highest BCUT2D eigenvalue weighted by atomic mass is 32.2. The van der Waals surface area contributed by atoms with Gasteiger partial charge >= 0.3 is 0 Å². The SMILES string of the molecule is Nc1ccc(N2CCNCC2)c(S(=O)(=O)O)c1. The van der Waals surface area contributed by atoms with Gasteiger partial charge in [-0.05, 0) is 18.2 Å². The molecule has 1 aromatic carbocycles. The van der Waals surface area contributed by atoms with Gasteiger partial charge in [0.25, 0.3) is 10.1 Å². The van der Waals surface area contributed by atoms with Gasteiger partial charge in [-0.3, -0.25) is 4.55 Å². The molecule has 0 atom stereocenters. The highest BCUT2D eigenvalue weighted by molar-refractivity contribution is 7.86. The molecule has 0 aliphatic carbocycles. The lowest BCUT2D eigenvalue weighted by Crippen LogP contribution is -2.44. The first kappa shape index (κ1) is 12.2. The largest absolute Gasteiger partial charge is 0.399 e. The van der Waals surface area contributed by atoms with Crippen LogP contribution in [0.1, 0.15) is 0 Å². The number of piperazine rings is 1. The van der Waals surface area contributed by atoms with Crippen LogP contribution in [0.4, 0.5) is 11.4 Å². The van der Waals surface area contributed by atoms with Crippen LogP contribution in [0.5, 0.6) is 0 Å². The molecular formula is C10H15N3O3S. The Morgan fingerprint density at radius 2 is 1.94 bits per heavy atom. The van der Waals surface area contributed by atoms with Crippen molar-refractivity contribution >= 4 is 21.5 Å². The minimum Gasteiger partial charge on any atom is -0.399 e. The second kappa shape index (κ2) is 4.52. The van der Waals surface area contributed by atoms with Crippen LogP contribution in [-0.2, 0) is 10.1 Å². The molecule has 0 bridgehead atoms. The summed E-state index contributed by atoms with van der Waals surface area (Å²) >= 11 is 0. The van der Waals surface area contributed by atoms with E-state index in [1.54, 1.807) is 12.1 Å². The Balaban J connectivity index is 2.45. The van der Waals surface area contributed by atoms with Crippen LogP contribution >= 0.6 is 0 Å². The maximum Gasteiger partial charge on any atom is 0.296 e. The molecule has 6 nitrogen and oxygen atoms in total. The molecule has 0 unspecified atom stereocenters. The van der Waals surface area contributed by atoms with Crippen molar-refractivity contribution in [3.63, 3.8) is 0 Å². The van der Waals surface area contributed by atoms with Gasteiger partial charge in [0, 0.05) is 31.9 Å². The Hall–Kier alpha value is -1.31. The Labute approximate surface area is 100 Å². The third-order valence-electron chi connectivity index (χ3n) is 2.72. The van der Waals surface area contributed by atoms with E-state index in [0.717, 1.165) is 13.1 Å². The topological polar surface area (TPSA) is 95.7 Å². The second-order valence-corrected chi connectivity index (χ2v) is 5.33. The molecule has 0 spiro atoms. The first-order chi connectivity index (χ1) is 7.98. The average Bonchev–Trinajstić information content (AvgIpc) is 2.29. The first-order valence-corrected chi connectivity index (χ1v) is 6.75. The summed E-state index contributed by atoms with van der Waals surface area (Å²) < 4.78 is 31.8. The summed E-state index contributed by atoms with van der Waals surface area (Å²) in [6, 6.07) is 4.54. The van der Waals surface area contributed by atoms with Gasteiger partial charge in [0.05, 0.1) is 5.69 Å². The van der Waals surface area contributed by atoms with Gasteiger partial charge < -0.3 is 16.0 Å². The normalized spacial score (nSPS) is 17.1. The van der Waals surface area contributed by atoms with Gasteiger partial charge in [-0.15, -0.1) is 0 Å². The lowest BCUT2D eigenvalue weighted by atomic mass is 10.2. The number of nitrogens with zero attached hydrogens (tertiary/aromatic N) is 1. The summed E-state index contributed by atoms with van der Waals surface area (Å²) in [4.78, 5) is 1.79. The summed E-state index contributed by atoms with van der Waals surface area (Å²) in [5.41, 5.74) is 6.37. The Bertz CT molecular complexity index is 510. The Kier molecular flexibility index (Phi) is 3.23. The minimum atomic E-state index is -4.25. The van der Waals surface area contributed by atoms with Gasteiger partial charge in [0.15, 0.2) is 0 Å². The minimum absolute atomic E-state index is 0.126. The monoisotopic (exact) mass is 257 g/mol. The molecule has 94 valence electrons. The predicted molar refractivity (Wildman–Crippen MR) is 65.8 cm³/mol. The van der Waals surface area contributed by atoms with Crippen LogP contribution in [0, 0.1) is 0 Å². The van der Waals surface area contributed by atoms with Gasteiger partial charge in [0.1, 0.15) is 4.90 Å². The van der Waals surface area contributed by atoms with E-state index in [0.29, 0.717) is 24.5 Å². The number of nitrogen functional groups attached to an aromatic ring is 1. The third kappa shape index (κ3) is 2.68. The number of hydrogen-bond acceptors (Lipinski definition) is 5. The zero-order chi connectivity index (χ0) is 12.5. The average molecular weight is 257 g/mol. The molecule has 17 heavy (non-hydrogen) atoms. The lowest BCUT2D eigenvalue weighted by molar-refractivity contribution is 0.482. The molecule has 7 heteroatoms. The summed E-state index contributed by atoms with van der Waals surface area (Å²) in [6.45, 7) is 2.98. The molecule has 0 radical (unpaired) electrons. The van der Waals surface area contributed by atoms with Crippen molar-refractivity contribution in [1.82, 2.24) is 5.32 Å². The van der Waals surface area contributed by atoms with E-state index in [2.05, 4.69) is 5.32 Å². The number of anilines is 2. The zero-order valence-electron chi connectivity index (χ0n) is 9.26. The standard InChI is InChI=1S/C10H15N3O3S/c11-8-1-2-9(10(7-8)17(14,15)16)13-5-3-12-4-6-13/h1-2,7,12H,3-6,11H2,(H,14,15,16). The third-order valence-corrected chi connectivity index (χ3v) is 3.60. The van der Waals surface area contributed by atoms with Crippen LogP contribution in [-0.4, -0.2) is 39.1 Å². The zero-order valence-corrected chi connectivity index (χ0v) is 10.1. The smallest absolute Gasteiger partial charge is 0.296 e. The molecule has 1 aromatic rings. The molecule has 0 aromatic heterocycles. The fraction of sp³-hybridized carbons (Fsp3) is 0.400. The molecule has 1 fully saturated rings. The van der Waals surface area contributed by atoms with Crippen molar-refractivity contribution in [3.8, 4) is 0 Å². The van der Waals surface area contributed by atoms with Crippen LogP contribution in [0.25, 0.3) is 0 Å². The van der Waals surface area contributed by atoms with E-state index in [4.69, 9.17) is 5.73 Å². The van der Waals surface area contributed by atoms with E-state index in [1.165, 1.54) is 6.07 Å². The highest BCUT2D eigenvalue weighted by Gasteiger charge is 2.21. The van der Waals surface area contributed by atoms with E-state index < -0.39 is 10.1 Å². The molecule has 0 amide bonds. The molecule has 1 saturated heterocycles. The van der Waals surface area contributed by atoms with E-state index >= 15 is 0 Å². The summed E-state index contributed by atoms with van der Waals surface area (Å²) in [5, 5.41) is 3.18. The molecule has 0 saturated carbocycles. The predicted octanol–water partition coefficient (Wildman–Crippen LogP) is -0.0749. The van der Waals surface area contributed by atoms with E-state index in [1.807, 2.05) is 4.90 Å². The van der Waals surface area contributed by atoms with Crippen LogP contribution in [0.3, 0.4) is 0 Å². The molecule has 1 heterocycles. The molecule has 2 rings (SSSR count). The first-order valence-electron chi connectivity index (χ1n) is 5.31. The molecule has 1 aliphatic heterocycles. The Morgan fingerprint density at radius 3 is 2.53 bits per heavy atom. The highest BCUT2D eigenvalue weighted by Crippen LogP contribution is 2.27. The van der Waals surface area contributed by atoms with E-state index in [-0.39, 0.29) is 4.90 Å². The number of hydrogen-bond donors (Lipinski definition) is 3. The van der Waals surface area contributed by atoms with Gasteiger partial charge in [-0.25, -0.2) is 0 Å². The number of nitrogens with one attached hydrogen (secondary N) is 1. The fourth-order valence-corrected chi connectivity index (χ4v) is 2.65. The van der Waals surface area contributed by atoms with Crippen molar-refractivity contribution in [2.24, 2.45) is 0 Å². The van der Waals surface area contributed by atoms with Gasteiger partial charge in [0.2, 0.25) is 0 Å². The quantitative estimate of drug-likeness (QED) is 0.507. The number of nitrogens with two attached hydrogens (primary N) is 1. The number of rotatable bonds is 2. The van der Waals surface area contributed by atoms with Crippen molar-refractivity contribution in [2.45, 2.75) is 4.90 Å². The van der Waals surface area contributed by atoms with Gasteiger partial charge in [-0.1, -0.05) is 0 Å². The number of benzene rings is 1. The van der Waals surface area contributed by atoms with Crippen molar-refractivity contribution in [2.75, 3.05) is 36.8 Å². The van der Waals surface area contributed by atoms with Crippen LogP contribution in [0.15, 0.2) is 23.1 Å². The van der Waals surface area contributed by atoms with Crippen LogP contribution in [0.2, 0.25) is 0 Å². The summed E-state index contributed by atoms with van der Waals surface area (Å²) in [6.07, 6.45) is 0. The maximum atomic E-state index is 11.3. The lowest BCUT2D eigenvalue weighted by Gasteiger charge is -2.30. The fourth-order valence-electron chi connectivity index (χ4n) is 1.90. The molecule has 4 N–H and O–H groups in total. The maximum absolute atomic E-state index is 11.3. The van der Waals surface area contributed by atoms with Crippen molar-refractivity contribution < 1.29 is 13.0 Å². The van der Waals surface area contributed by atoms with Crippen molar-refractivity contribution in [1.29, 1.82) is 0 Å². The molecular weight excluding hydrogens is 242 g/mol. The second-order valence-electron chi connectivity index (χ2n) is 3.94. The van der Waals surface area contributed by atoms with Crippen molar-refractivity contribution in [3.05, 3.63) is 18.2 Å². The van der Waals surface area contributed by atoms with Crippen LogP contribution < -0.4 is 16.0 Å². The molecule has 1 aliphatic rings. The Morgan fingerprint density at radius 1 is 1.29 bits per heavy atom. The van der Waals surface area contributed by atoms with Gasteiger partial charge in [-0.2, -0.15) is 8.42 Å². The summed E-state index contributed by atoms with van der Waals surface area (Å²) in [7, 11) is -4.25. The summed E-state index contributed by atoms with van der Waals surface area (Å²) in [5.74, 6) is 0. The van der Waals surface area contributed by atoms with E-state index in [9.17, 15) is 13.0 Å².